The van der Waals surface area contributed by atoms with Gasteiger partial charge in [-0.05, 0) is 45.7 Å². The normalized spacial score (nSPS) is 17.7. The van der Waals surface area contributed by atoms with Gasteiger partial charge in [-0.25, -0.2) is 0 Å². The molecule has 114 valence electrons. The van der Waals surface area contributed by atoms with Crippen LogP contribution in [-0.2, 0) is 4.79 Å². The zero-order valence-corrected chi connectivity index (χ0v) is 13.2. The second-order valence-electron chi connectivity index (χ2n) is 6.00. The van der Waals surface area contributed by atoms with E-state index >= 15 is 0 Å². The smallest absolute Gasteiger partial charge is 0.240 e. The topological polar surface area (TPSA) is 56.1 Å². The molecule has 1 rings (SSSR count). The number of nitrogens with one attached hydrogen (secondary N) is 1. The molecule has 1 aliphatic heterocycles. The minimum absolute atomic E-state index is 0.0743. The van der Waals surface area contributed by atoms with Crippen LogP contribution in [-0.4, -0.2) is 36.5 Å². The quantitative estimate of drug-likeness (QED) is 0.743. The molecule has 0 aliphatic carbocycles. The number of carbonyl (C=O) groups excluding carboxylic acids is 1. The molecular weight excluding hydrogens is 250 g/mol. The minimum atomic E-state index is -0.825. The largest absolute Gasteiger partial charge is 0.353 e. The second-order valence-corrected chi connectivity index (χ2v) is 6.00. The summed E-state index contributed by atoms with van der Waals surface area (Å²) in [6.45, 7) is 9.12. The fourth-order valence-electron chi connectivity index (χ4n) is 3.09. The molecule has 1 amide bonds. The Bertz CT molecular complexity index is 336. The maximum Gasteiger partial charge on any atom is 0.240 e. The molecule has 4 nitrogen and oxygen atoms in total. The summed E-state index contributed by atoms with van der Waals surface area (Å²) in [5, 5.41) is 12.5. The Morgan fingerprint density at radius 2 is 1.85 bits per heavy atom. The maximum atomic E-state index is 12.4. The van der Waals surface area contributed by atoms with Gasteiger partial charge in [-0.2, -0.15) is 5.26 Å². The zero-order valence-electron chi connectivity index (χ0n) is 13.2. The summed E-state index contributed by atoms with van der Waals surface area (Å²) in [6.07, 6.45) is 5.55. The summed E-state index contributed by atoms with van der Waals surface area (Å²) >= 11 is 0. The van der Waals surface area contributed by atoms with Crippen LogP contribution in [0.15, 0.2) is 0 Å². The highest BCUT2D eigenvalue weighted by Crippen LogP contribution is 2.29. The van der Waals surface area contributed by atoms with Gasteiger partial charge >= 0.3 is 0 Å². The lowest BCUT2D eigenvalue weighted by molar-refractivity contribution is -0.129. The van der Waals surface area contributed by atoms with E-state index < -0.39 is 5.41 Å². The number of nitrogens with zero attached hydrogens (tertiary/aromatic N) is 2. The van der Waals surface area contributed by atoms with Gasteiger partial charge in [-0.15, -0.1) is 0 Å². The van der Waals surface area contributed by atoms with Crippen LogP contribution in [0.4, 0.5) is 0 Å². The van der Waals surface area contributed by atoms with Gasteiger partial charge in [0.1, 0.15) is 5.41 Å². The predicted molar refractivity (Wildman–Crippen MR) is 81.1 cm³/mol. The second kappa shape index (κ2) is 8.26. The number of hydrogen-bond donors (Lipinski definition) is 1. The van der Waals surface area contributed by atoms with Gasteiger partial charge in [0.15, 0.2) is 0 Å². The van der Waals surface area contributed by atoms with Crippen molar-refractivity contribution in [1.29, 1.82) is 5.26 Å². The van der Waals surface area contributed by atoms with E-state index in [0.29, 0.717) is 25.4 Å². The fraction of sp³-hybridized carbons (Fsp3) is 0.875. The Morgan fingerprint density at radius 3 is 2.30 bits per heavy atom. The van der Waals surface area contributed by atoms with Crippen molar-refractivity contribution in [3.63, 3.8) is 0 Å². The number of hydrogen-bond acceptors (Lipinski definition) is 3. The molecule has 0 saturated carbocycles. The molecule has 0 aromatic rings. The first-order chi connectivity index (χ1) is 9.59. The molecule has 1 unspecified atom stereocenters. The van der Waals surface area contributed by atoms with Crippen molar-refractivity contribution in [2.24, 2.45) is 5.41 Å². The lowest BCUT2D eigenvalue weighted by Crippen LogP contribution is -2.46. The van der Waals surface area contributed by atoms with Crippen LogP contribution < -0.4 is 5.32 Å². The fourth-order valence-corrected chi connectivity index (χ4v) is 3.09. The third-order valence-electron chi connectivity index (χ3n) is 4.32. The van der Waals surface area contributed by atoms with E-state index in [0.717, 1.165) is 25.9 Å². The lowest BCUT2D eigenvalue weighted by atomic mass is 9.79. The first-order valence-electron chi connectivity index (χ1n) is 8.03. The first kappa shape index (κ1) is 17.0. The number of amides is 1. The number of likely N-dealkylation sites (tertiary alicyclic amines) is 1. The standard InChI is InChI=1S/C16H29N3O/c1-4-8-16(13-17,9-5-2)15(20)18-12-14(3)19-10-6-7-11-19/h14H,4-12H2,1-3H3,(H,18,20). The third kappa shape index (κ3) is 4.21. The number of rotatable bonds is 8. The summed E-state index contributed by atoms with van der Waals surface area (Å²) in [4.78, 5) is 14.9. The predicted octanol–water partition coefficient (Wildman–Crippen LogP) is 2.70. The van der Waals surface area contributed by atoms with Crippen molar-refractivity contribution in [3.8, 4) is 6.07 Å². The highest BCUT2D eigenvalue weighted by atomic mass is 16.2. The van der Waals surface area contributed by atoms with Crippen LogP contribution in [0.25, 0.3) is 0 Å². The minimum Gasteiger partial charge on any atom is -0.353 e. The summed E-state index contributed by atoms with van der Waals surface area (Å²) in [5.74, 6) is -0.0743. The van der Waals surface area contributed by atoms with Crippen LogP contribution >= 0.6 is 0 Å². The van der Waals surface area contributed by atoms with E-state index in [9.17, 15) is 10.1 Å². The van der Waals surface area contributed by atoms with E-state index in [1.54, 1.807) is 0 Å². The summed E-state index contributed by atoms with van der Waals surface area (Å²) in [6, 6.07) is 2.65. The number of carbonyl (C=O) groups is 1. The molecule has 0 spiro atoms. The summed E-state index contributed by atoms with van der Waals surface area (Å²) in [7, 11) is 0. The molecule has 0 aromatic carbocycles. The average molecular weight is 279 g/mol. The molecule has 1 atom stereocenters. The Hall–Kier alpha value is -1.08. The highest BCUT2D eigenvalue weighted by molar-refractivity contribution is 5.85. The van der Waals surface area contributed by atoms with Gasteiger partial charge in [0.05, 0.1) is 6.07 Å². The molecule has 0 bridgehead atoms. The van der Waals surface area contributed by atoms with E-state index in [1.807, 2.05) is 13.8 Å². The van der Waals surface area contributed by atoms with E-state index in [2.05, 4.69) is 23.2 Å². The molecular formula is C16H29N3O. The zero-order chi connectivity index (χ0) is 15.0. The first-order valence-corrected chi connectivity index (χ1v) is 8.03. The molecule has 4 heteroatoms. The van der Waals surface area contributed by atoms with Crippen LogP contribution in [0, 0.1) is 16.7 Å². The summed E-state index contributed by atoms with van der Waals surface area (Å²) < 4.78 is 0. The molecule has 1 fully saturated rings. The van der Waals surface area contributed by atoms with Crippen molar-refractivity contribution in [2.45, 2.75) is 65.3 Å². The van der Waals surface area contributed by atoms with Crippen molar-refractivity contribution >= 4 is 5.91 Å². The molecule has 1 aliphatic rings. The van der Waals surface area contributed by atoms with Crippen LogP contribution in [0.5, 0.6) is 0 Å². The van der Waals surface area contributed by atoms with E-state index in [-0.39, 0.29) is 5.91 Å². The molecule has 0 radical (unpaired) electrons. The molecule has 1 saturated heterocycles. The third-order valence-corrected chi connectivity index (χ3v) is 4.32. The maximum absolute atomic E-state index is 12.4. The van der Waals surface area contributed by atoms with Gasteiger partial charge in [0.2, 0.25) is 5.91 Å². The number of nitriles is 1. The average Bonchev–Trinajstić information content (AvgIpc) is 2.98. The summed E-state index contributed by atoms with van der Waals surface area (Å²) in [5.41, 5.74) is -0.825. The lowest BCUT2D eigenvalue weighted by Gasteiger charge is -2.28. The van der Waals surface area contributed by atoms with Gasteiger partial charge < -0.3 is 5.32 Å². The van der Waals surface area contributed by atoms with Crippen LogP contribution in [0.1, 0.15) is 59.3 Å². The molecule has 0 aromatic heterocycles. The van der Waals surface area contributed by atoms with E-state index in [1.165, 1.54) is 12.8 Å². The van der Waals surface area contributed by atoms with E-state index in [4.69, 9.17) is 0 Å². The molecule has 1 N–H and O–H groups in total. The van der Waals surface area contributed by atoms with Crippen molar-refractivity contribution in [3.05, 3.63) is 0 Å². The van der Waals surface area contributed by atoms with Crippen LogP contribution in [0.2, 0.25) is 0 Å². The van der Waals surface area contributed by atoms with Gasteiger partial charge in [-0.3, -0.25) is 9.69 Å². The highest BCUT2D eigenvalue weighted by Gasteiger charge is 2.37. The Balaban J connectivity index is 2.55. The molecule has 1 heterocycles. The molecule has 20 heavy (non-hydrogen) atoms. The van der Waals surface area contributed by atoms with Gasteiger partial charge in [0, 0.05) is 12.6 Å². The van der Waals surface area contributed by atoms with Crippen molar-refractivity contribution in [2.75, 3.05) is 19.6 Å². The van der Waals surface area contributed by atoms with Crippen LogP contribution in [0.3, 0.4) is 0 Å². The van der Waals surface area contributed by atoms with Crippen molar-refractivity contribution in [1.82, 2.24) is 10.2 Å². The monoisotopic (exact) mass is 279 g/mol. The van der Waals surface area contributed by atoms with Gasteiger partial charge in [0.25, 0.3) is 0 Å². The Kier molecular flexibility index (Phi) is 7.01. The Labute approximate surface area is 123 Å². The Morgan fingerprint density at radius 1 is 1.30 bits per heavy atom. The SMILES string of the molecule is CCCC(C#N)(CCC)C(=O)NCC(C)N1CCCC1. The van der Waals surface area contributed by atoms with Crippen molar-refractivity contribution < 1.29 is 4.79 Å². The van der Waals surface area contributed by atoms with Gasteiger partial charge in [-0.1, -0.05) is 26.7 Å².